The summed E-state index contributed by atoms with van der Waals surface area (Å²) in [5, 5.41) is 9.90. The Hall–Kier alpha value is -1.10. The molecule has 2 aromatic rings. The first kappa shape index (κ1) is 15.3. The normalized spacial score (nSPS) is 12.2. The Kier molecular flexibility index (Phi) is 5.02. The predicted molar refractivity (Wildman–Crippen MR) is 80.5 cm³/mol. The fraction of sp³-hybridized carbons (Fsp3) is 0.200. The van der Waals surface area contributed by atoms with E-state index in [9.17, 15) is 9.50 Å². The zero-order chi connectivity index (χ0) is 14.7. The maximum absolute atomic E-state index is 13.0. The van der Waals surface area contributed by atoms with E-state index in [1.54, 1.807) is 31.2 Å². The highest BCUT2D eigenvalue weighted by atomic mass is 79.9. The molecule has 0 saturated carbocycles. The minimum absolute atomic E-state index is 0.272. The van der Waals surface area contributed by atoms with Gasteiger partial charge >= 0.3 is 0 Å². The van der Waals surface area contributed by atoms with Crippen molar-refractivity contribution in [3.8, 4) is 5.75 Å². The van der Waals surface area contributed by atoms with Gasteiger partial charge in [-0.1, -0.05) is 39.7 Å². The summed E-state index contributed by atoms with van der Waals surface area (Å²) in [4.78, 5) is 0. The summed E-state index contributed by atoms with van der Waals surface area (Å²) in [5.41, 5.74) is 1.55. The predicted octanol–water partition coefficient (Wildman–Crippen LogP) is 4.87. The van der Waals surface area contributed by atoms with Crippen LogP contribution in [0.5, 0.6) is 5.75 Å². The number of aliphatic hydroxyl groups excluding tert-OH is 1. The first-order chi connectivity index (χ1) is 9.47. The van der Waals surface area contributed by atoms with Gasteiger partial charge in [-0.3, -0.25) is 0 Å². The average molecular weight is 360 g/mol. The maximum atomic E-state index is 13.0. The summed E-state index contributed by atoms with van der Waals surface area (Å²) >= 11 is 9.38. The van der Waals surface area contributed by atoms with Gasteiger partial charge in [0.05, 0.1) is 11.1 Å². The van der Waals surface area contributed by atoms with Crippen LogP contribution in [0.2, 0.25) is 5.02 Å². The first-order valence-corrected chi connectivity index (χ1v) is 7.18. The summed E-state index contributed by atoms with van der Waals surface area (Å²) in [7, 11) is 0. The first-order valence-electron chi connectivity index (χ1n) is 6.01. The van der Waals surface area contributed by atoms with Crippen molar-refractivity contribution in [3.63, 3.8) is 0 Å². The lowest BCUT2D eigenvalue weighted by molar-refractivity contribution is 0.199. The highest BCUT2D eigenvalue weighted by Gasteiger charge is 2.08. The van der Waals surface area contributed by atoms with Crippen LogP contribution in [0.4, 0.5) is 4.39 Å². The van der Waals surface area contributed by atoms with Crippen LogP contribution in [0, 0.1) is 5.82 Å². The van der Waals surface area contributed by atoms with E-state index < -0.39 is 6.10 Å². The van der Waals surface area contributed by atoms with Crippen molar-refractivity contribution in [2.24, 2.45) is 0 Å². The standard InChI is InChI=1S/C15H13BrClFO2/c1-9(19)10-3-5-15(14(17)6-10)20-8-11-2-4-12(18)7-13(11)16/h2-7,9,19H,8H2,1H3/t9-/m1/s1. The summed E-state index contributed by atoms with van der Waals surface area (Å²) in [6, 6.07) is 9.55. The van der Waals surface area contributed by atoms with E-state index in [-0.39, 0.29) is 12.4 Å². The largest absolute Gasteiger partial charge is 0.487 e. The molecule has 1 N–H and O–H groups in total. The third kappa shape index (κ3) is 3.72. The Morgan fingerprint density at radius 3 is 2.65 bits per heavy atom. The quantitative estimate of drug-likeness (QED) is 0.843. The van der Waals surface area contributed by atoms with Crippen molar-refractivity contribution < 1.29 is 14.2 Å². The van der Waals surface area contributed by atoms with Crippen molar-refractivity contribution in [1.82, 2.24) is 0 Å². The molecule has 0 amide bonds. The lowest BCUT2D eigenvalue weighted by Crippen LogP contribution is -1.98. The van der Waals surface area contributed by atoms with E-state index in [2.05, 4.69) is 15.9 Å². The Morgan fingerprint density at radius 1 is 1.30 bits per heavy atom. The SMILES string of the molecule is C[C@@H](O)c1ccc(OCc2ccc(F)cc2Br)c(Cl)c1. The molecular formula is C15H13BrClFO2. The second kappa shape index (κ2) is 6.57. The molecule has 2 rings (SSSR count). The van der Waals surface area contributed by atoms with Gasteiger partial charge in [-0.2, -0.15) is 0 Å². The van der Waals surface area contributed by atoms with Crippen molar-refractivity contribution in [2.75, 3.05) is 0 Å². The molecule has 0 spiro atoms. The van der Waals surface area contributed by atoms with Crippen molar-refractivity contribution in [1.29, 1.82) is 0 Å². The number of ether oxygens (including phenoxy) is 1. The van der Waals surface area contributed by atoms with Crippen LogP contribution in [0.3, 0.4) is 0 Å². The Bertz CT molecular complexity index is 617. The van der Waals surface area contributed by atoms with Gasteiger partial charge in [0.2, 0.25) is 0 Å². The van der Waals surface area contributed by atoms with Gasteiger partial charge in [0.1, 0.15) is 18.2 Å². The fourth-order valence-electron chi connectivity index (χ4n) is 1.69. The van der Waals surface area contributed by atoms with E-state index >= 15 is 0 Å². The Morgan fingerprint density at radius 2 is 2.05 bits per heavy atom. The van der Waals surface area contributed by atoms with Gasteiger partial charge in [0.15, 0.2) is 0 Å². The number of aliphatic hydroxyl groups is 1. The molecule has 0 saturated heterocycles. The van der Waals surface area contributed by atoms with Gasteiger partial charge in [-0.15, -0.1) is 0 Å². The van der Waals surface area contributed by atoms with Crippen LogP contribution in [0.1, 0.15) is 24.2 Å². The zero-order valence-corrected chi connectivity index (χ0v) is 13.1. The second-order valence-electron chi connectivity index (χ2n) is 4.39. The monoisotopic (exact) mass is 358 g/mol. The minimum atomic E-state index is -0.576. The molecule has 0 aromatic heterocycles. The van der Waals surface area contributed by atoms with Gasteiger partial charge < -0.3 is 9.84 Å². The van der Waals surface area contributed by atoms with E-state index in [1.165, 1.54) is 12.1 Å². The van der Waals surface area contributed by atoms with Crippen LogP contribution < -0.4 is 4.74 Å². The number of benzene rings is 2. The van der Waals surface area contributed by atoms with Crippen molar-refractivity contribution >= 4 is 27.5 Å². The van der Waals surface area contributed by atoms with Crippen LogP contribution >= 0.6 is 27.5 Å². The molecule has 1 atom stereocenters. The van der Waals surface area contributed by atoms with Gasteiger partial charge in [0, 0.05) is 10.0 Å². The maximum Gasteiger partial charge on any atom is 0.138 e. The lowest BCUT2D eigenvalue weighted by Gasteiger charge is -2.11. The van der Waals surface area contributed by atoms with Crippen LogP contribution in [0.15, 0.2) is 40.9 Å². The van der Waals surface area contributed by atoms with Crippen molar-refractivity contribution in [2.45, 2.75) is 19.6 Å². The molecule has 0 heterocycles. The van der Waals surface area contributed by atoms with E-state index in [0.29, 0.717) is 15.2 Å². The van der Waals surface area contributed by atoms with Crippen LogP contribution in [0.25, 0.3) is 0 Å². The molecule has 2 nitrogen and oxygen atoms in total. The van der Waals surface area contributed by atoms with Gasteiger partial charge in [-0.25, -0.2) is 4.39 Å². The number of hydrogen-bond donors (Lipinski definition) is 1. The molecule has 0 aliphatic heterocycles. The second-order valence-corrected chi connectivity index (χ2v) is 5.65. The molecule has 0 aliphatic rings. The molecular weight excluding hydrogens is 347 g/mol. The van der Waals surface area contributed by atoms with Crippen LogP contribution in [-0.4, -0.2) is 5.11 Å². The highest BCUT2D eigenvalue weighted by molar-refractivity contribution is 9.10. The molecule has 0 unspecified atom stereocenters. The van der Waals surface area contributed by atoms with E-state index in [0.717, 1.165) is 11.1 Å². The summed E-state index contributed by atoms with van der Waals surface area (Å²) in [6.07, 6.45) is -0.576. The highest BCUT2D eigenvalue weighted by Crippen LogP contribution is 2.29. The average Bonchev–Trinajstić information content (AvgIpc) is 2.38. The minimum Gasteiger partial charge on any atom is -0.487 e. The summed E-state index contributed by atoms with van der Waals surface area (Å²) in [6.45, 7) is 1.94. The van der Waals surface area contributed by atoms with E-state index in [4.69, 9.17) is 16.3 Å². The Balaban J connectivity index is 2.11. The fourth-order valence-corrected chi connectivity index (χ4v) is 2.40. The molecule has 20 heavy (non-hydrogen) atoms. The smallest absolute Gasteiger partial charge is 0.138 e. The number of rotatable bonds is 4. The molecule has 2 aromatic carbocycles. The lowest BCUT2D eigenvalue weighted by atomic mass is 10.1. The van der Waals surface area contributed by atoms with Crippen LogP contribution in [-0.2, 0) is 6.61 Å². The van der Waals surface area contributed by atoms with Crippen molar-refractivity contribution in [3.05, 3.63) is 62.8 Å². The van der Waals surface area contributed by atoms with Gasteiger partial charge in [0.25, 0.3) is 0 Å². The molecule has 106 valence electrons. The molecule has 0 bridgehead atoms. The number of hydrogen-bond acceptors (Lipinski definition) is 2. The molecule has 0 aliphatic carbocycles. The van der Waals surface area contributed by atoms with Gasteiger partial charge in [-0.05, 0) is 36.8 Å². The summed E-state index contributed by atoms with van der Waals surface area (Å²) < 4.78 is 19.2. The zero-order valence-electron chi connectivity index (χ0n) is 10.7. The molecule has 0 radical (unpaired) electrons. The molecule has 0 fully saturated rings. The number of halogens is 3. The summed E-state index contributed by atoms with van der Waals surface area (Å²) in [5.74, 6) is 0.215. The third-order valence-electron chi connectivity index (χ3n) is 2.84. The Labute approximate surface area is 130 Å². The molecule has 5 heteroatoms. The van der Waals surface area contributed by atoms with E-state index in [1.807, 2.05) is 0 Å². The third-order valence-corrected chi connectivity index (χ3v) is 3.87. The topological polar surface area (TPSA) is 29.5 Å².